The summed E-state index contributed by atoms with van der Waals surface area (Å²) in [6.45, 7) is 0.992. The van der Waals surface area contributed by atoms with E-state index in [1.807, 2.05) is 36.5 Å². The van der Waals surface area contributed by atoms with Crippen LogP contribution in [0.25, 0.3) is 10.9 Å². The van der Waals surface area contributed by atoms with Crippen molar-refractivity contribution in [2.24, 2.45) is 0 Å². The Bertz CT molecular complexity index is 969. The van der Waals surface area contributed by atoms with Crippen LogP contribution in [0.2, 0.25) is 0 Å². The standard InChI is InChI=1S/C20H19F2N3O2/c21-16-7-6-15(12-17(16)22)20(27)24-13-19(26)23-9-3-10-25-11-8-14-4-1-2-5-18(14)25/h1-2,4-8,11-12H,3,9-10,13H2,(H,23,26)(H,24,27). The summed E-state index contributed by atoms with van der Waals surface area (Å²) < 4.78 is 28.1. The summed E-state index contributed by atoms with van der Waals surface area (Å²) in [5, 5.41) is 6.27. The molecule has 2 amide bonds. The lowest BCUT2D eigenvalue weighted by molar-refractivity contribution is -0.120. The number of hydrogen-bond donors (Lipinski definition) is 2. The fourth-order valence-electron chi connectivity index (χ4n) is 2.78. The molecule has 0 aliphatic rings. The number of benzene rings is 2. The van der Waals surface area contributed by atoms with Gasteiger partial charge in [0.15, 0.2) is 11.6 Å². The Kier molecular flexibility index (Phi) is 5.80. The summed E-state index contributed by atoms with van der Waals surface area (Å²) in [6.07, 6.45) is 2.75. The van der Waals surface area contributed by atoms with E-state index in [0.717, 1.165) is 36.7 Å². The first kappa shape index (κ1) is 18.6. The van der Waals surface area contributed by atoms with Gasteiger partial charge in [0.2, 0.25) is 5.91 Å². The van der Waals surface area contributed by atoms with Crippen LogP contribution in [0.5, 0.6) is 0 Å². The first-order valence-electron chi connectivity index (χ1n) is 8.58. The van der Waals surface area contributed by atoms with Crippen molar-refractivity contribution in [3.63, 3.8) is 0 Å². The number of nitrogens with one attached hydrogen (secondary N) is 2. The van der Waals surface area contributed by atoms with Crippen molar-refractivity contribution in [2.45, 2.75) is 13.0 Å². The van der Waals surface area contributed by atoms with Gasteiger partial charge in [-0.15, -0.1) is 0 Å². The predicted octanol–water partition coefficient (Wildman–Crippen LogP) is 2.86. The topological polar surface area (TPSA) is 63.1 Å². The number of aryl methyl sites for hydroxylation is 1. The monoisotopic (exact) mass is 371 g/mol. The smallest absolute Gasteiger partial charge is 0.251 e. The number of carbonyl (C=O) groups excluding carboxylic acids is 2. The highest BCUT2D eigenvalue weighted by Crippen LogP contribution is 2.15. The lowest BCUT2D eigenvalue weighted by Crippen LogP contribution is -2.37. The lowest BCUT2D eigenvalue weighted by atomic mass is 10.2. The number of rotatable bonds is 7. The number of para-hydroxylation sites is 1. The summed E-state index contributed by atoms with van der Waals surface area (Å²) >= 11 is 0. The molecule has 3 rings (SSSR count). The van der Waals surface area contributed by atoms with Gasteiger partial charge < -0.3 is 15.2 Å². The van der Waals surface area contributed by atoms with E-state index in [4.69, 9.17) is 0 Å². The summed E-state index contributed by atoms with van der Waals surface area (Å²) in [7, 11) is 0. The number of hydrogen-bond acceptors (Lipinski definition) is 2. The summed E-state index contributed by atoms with van der Waals surface area (Å²) in [4.78, 5) is 23.6. The van der Waals surface area contributed by atoms with E-state index in [1.165, 1.54) is 5.39 Å². The Labute approximate surface area is 155 Å². The molecule has 0 spiro atoms. The highest BCUT2D eigenvalue weighted by molar-refractivity contribution is 5.96. The van der Waals surface area contributed by atoms with E-state index in [2.05, 4.69) is 15.2 Å². The maximum atomic E-state index is 13.1. The van der Waals surface area contributed by atoms with Gasteiger partial charge in [-0.05, 0) is 42.1 Å². The van der Waals surface area contributed by atoms with Gasteiger partial charge in [-0.2, -0.15) is 0 Å². The molecule has 0 saturated carbocycles. The van der Waals surface area contributed by atoms with E-state index in [1.54, 1.807) is 0 Å². The van der Waals surface area contributed by atoms with Gasteiger partial charge in [-0.3, -0.25) is 9.59 Å². The highest BCUT2D eigenvalue weighted by Gasteiger charge is 2.11. The molecule has 2 N–H and O–H groups in total. The molecule has 0 radical (unpaired) electrons. The highest BCUT2D eigenvalue weighted by atomic mass is 19.2. The van der Waals surface area contributed by atoms with Crippen LogP contribution >= 0.6 is 0 Å². The maximum absolute atomic E-state index is 13.1. The summed E-state index contributed by atoms with van der Waals surface area (Å²) in [5.41, 5.74) is 1.10. The van der Waals surface area contributed by atoms with Gasteiger partial charge in [0.1, 0.15) is 0 Å². The molecule has 1 heterocycles. The molecule has 5 nitrogen and oxygen atoms in total. The number of halogens is 2. The zero-order valence-electron chi connectivity index (χ0n) is 14.5. The Morgan fingerprint density at radius 3 is 2.59 bits per heavy atom. The number of amides is 2. The molecule has 140 valence electrons. The molecular weight excluding hydrogens is 352 g/mol. The van der Waals surface area contributed by atoms with E-state index in [0.29, 0.717) is 6.54 Å². The third-order valence-electron chi connectivity index (χ3n) is 4.17. The average Bonchev–Trinajstić information content (AvgIpc) is 3.08. The van der Waals surface area contributed by atoms with Crippen LogP contribution in [0.1, 0.15) is 16.8 Å². The molecule has 0 aliphatic carbocycles. The van der Waals surface area contributed by atoms with Crippen molar-refractivity contribution in [3.05, 3.63) is 71.9 Å². The van der Waals surface area contributed by atoms with E-state index < -0.39 is 17.5 Å². The Hall–Kier alpha value is -3.22. The summed E-state index contributed by atoms with van der Waals surface area (Å²) in [6, 6.07) is 12.9. The van der Waals surface area contributed by atoms with E-state index in [9.17, 15) is 18.4 Å². The first-order chi connectivity index (χ1) is 13.0. The molecule has 27 heavy (non-hydrogen) atoms. The normalized spacial score (nSPS) is 10.7. The molecule has 7 heteroatoms. The van der Waals surface area contributed by atoms with Crippen molar-refractivity contribution < 1.29 is 18.4 Å². The average molecular weight is 371 g/mol. The molecule has 0 aliphatic heterocycles. The molecule has 0 saturated heterocycles. The number of carbonyl (C=O) groups is 2. The zero-order chi connectivity index (χ0) is 19.2. The second-order valence-electron chi connectivity index (χ2n) is 6.08. The third kappa shape index (κ3) is 4.69. The predicted molar refractivity (Wildman–Crippen MR) is 98.3 cm³/mol. The Morgan fingerprint density at radius 1 is 0.963 bits per heavy atom. The fourth-order valence-corrected chi connectivity index (χ4v) is 2.78. The van der Waals surface area contributed by atoms with E-state index >= 15 is 0 Å². The van der Waals surface area contributed by atoms with Gasteiger partial charge in [-0.25, -0.2) is 8.78 Å². The van der Waals surface area contributed by atoms with Crippen LogP contribution in [-0.4, -0.2) is 29.5 Å². The third-order valence-corrected chi connectivity index (χ3v) is 4.17. The molecule has 0 bridgehead atoms. The van der Waals surface area contributed by atoms with Crippen LogP contribution in [-0.2, 0) is 11.3 Å². The van der Waals surface area contributed by atoms with Crippen molar-refractivity contribution in [1.29, 1.82) is 0 Å². The molecule has 1 aromatic heterocycles. The van der Waals surface area contributed by atoms with Crippen LogP contribution in [0.15, 0.2) is 54.7 Å². The van der Waals surface area contributed by atoms with E-state index in [-0.39, 0.29) is 18.0 Å². The minimum absolute atomic E-state index is 0.0406. The van der Waals surface area contributed by atoms with Crippen molar-refractivity contribution >= 4 is 22.7 Å². The van der Waals surface area contributed by atoms with Crippen LogP contribution < -0.4 is 10.6 Å². The summed E-state index contributed by atoms with van der Waals surface area (Å²) in [5.74, 6) is -3.12. The molecule has 0 fully saturated rings. The number of nitrogens with zero attached hydrogens (tertiary/aromatic N) is 1. The Morgan fingerprint density at radius 2 is 1.78 bits per heavy atom. The quantitative estimate of drug-likeness (QED) is 0.628. The molecular formula is C20H19F2N3O2. The number of fused-ring (bicyclic) bond motifs is 1. The van der Waals surface area contributed by atoms with Gasteiger partial charge in [0.25, 0.3) is 5.91 Å². The Balaban J connectivity index is 1.39. The molecule has 0 atom stereocenters. The van der Waals surface area contributed by atoms with Crippen molar-refractivity contribution in [1.82, 2.24) is 15.2 Å². The van der Waals surface area contributed by atoms with Crippen molar-refractivity contribution in [3.8, 4) is 0 Å². The lowest BCUT2D eigenvalue weighted by Gasteiger charge is -2.08. The van der Waals surface area contributed by atoms with Gasteiger partial charge in [0.05, 0.1) is 6.54 Å². The van der Waals surface area contributed by atoms with Crippen molar-refractivity contribution in [2.75, 3.05) is 13.1 Å². The minimum atomic E-state index is -1.11. The molecule has 2 aromatic carbocycles. The largest absolute Gasteiger partial charge is 0.355 e. The second-order valence-corrected chi connectivity index (χ2v) is 6.08. The fraction of sp³-hybridized carbons (Fsp3) is 0.200. The van der Waals surface area contributed by atoms with Gasteiger partial charge in [-0.1, -0.05) is 18.2 Å². The molecule has 3 aromatic rings. The zero-order valence-corrected chi connectivity index (χ0v) is 14.5. The van der Waals surface area contributed by atoms with Gasteiger partial charge >= 0.3 is 0 Å². The minimum Gasteiger partial charge on any atom is -0.355 e. The van der Waals surface area contributed by atoms with Crippen LogP contribution in [0.3, 0.4) is 0 Å². The molecule has 0 unspecified atom stereocenters. The first-order valence-corrected chi connectivity index (χ1v) is 8.58. The SMILES string of the molecule is O=C(CNC(=O)c1ccc(F)c(F)c1)NCCCn1ccc2ccccc21. The van der Waals surface area contributed by atoms with Crippen LogP contribution in [0.4, 0.5) is 8.78 Å². The maximum Gasteiger partial charge on any atom is 0.251 e. The van der Waals surface area contributed by atoms with Gasteiger partial charge in [0, 0.05) is 30.4 Å². The number of aromatic nitrogens is 1. The van der Waals surface area contributed by atoms with Crippen LogP contribution in [0, 0.1) is 11.6 Å². The second kappa shape index (κ2) is 8.44.